The fourth-order valence-electron chi connectivity index (χ4n) is 4.45. The molecule has 1 N–H and O–H groups in total. The molecule has 1 atom stereocenters. The number of benzene rings is 1. The largest absolute Gasteiger partial charge is 0.505 e. The number of carbonyl (C=O) groups excluding carboxylic acids is 2. The zero-order valence-electron chi connectivity index (χ0n) is 20.5. The molecular weight excluding hydrogens is 450 g/mol. The SMILES string of the molecule is CCOc1ccc(C2/C(=C(\O)c3nc4c(C)cccn4c3C)C(=O)C(=O)N2CCOC)cc1OC. The number of rotatable bonds is 8. The molecule has 1 aromatic carbocycles. The zero-order chi connectivity index (χ0) is 25.3. The van der Waals surface area contributed by atoms with Crippen LogP contribution in [-0.4, -0.2) is 65.1 Å². The highest BCUT2D eigenvalue weighted by Gasteiger charge is 2.46. The molecule has 1 fully saturated rings. The number of aromatic nitrogens is 2. The van der Waals surface area contributed by atoms with Crippen LogP contribution < -0.4 is 9.47 Å². The molecule has 9 nitrogen and oxygen atoms in total. The monoisotopic (exact) mass is 479 g/mol. The van der Waals surface area contributed by atoms with E-state index in [9.17, 15) is 14.7 Å². The number of methoxy groups -OCH3 is 2. The van der Waals surface area contributed by atoms with Gasteiger partial charge in [-0.05, 0) is 50.1 Å². The summed E-state index contributed by atoms with van der Waals surface area (Å²) >= 11 is 0. The third-order valence-electron chi connectivity index (χ3n) is 6.19. The van der Waals surface area contributed by atoms with Crippen LogP contribution in [0.25, 0.3) is 11.4 Å². The van der Waals surface area contributed by atoms with Gasteiger partial charge in [-0.25, -0.2) is 4.98 Å². The highest BCUT2D eigenvalue weighted by atomic mass is 16.5. The maximum atomic E-state index is 13.3. The van der Waals surface area contributed by atoms with Crippen LogP contribution in [0.15, 0.2) is 42.1 Å². The minimum Gasteiger partial charge on any atom is -0.505 e. The Labute approximate surface area is 203 Å². The number of aliphatic hydroxyl groups is 1. The van der Waals surface area contributed by atoms with Crippen LogP contribution in [0.2, 0.25) is 0 Å². The molecule has 1 amide bonds. The van der Waals surface area contributed by atoms with E-state index in [4.69, 9.17) is 14.2 Å². The van der Waals surface area contributed by atoms with Gasteiger partial charge in [-0.2, -0.15) is 0 Å². The number of carbonyl (C=O) groups is 2. The second-order valence-electron chi connectivity index (χ2n) is 8.26. The van der Waals surface area contributed by atoms with E-state index in [-0.39, 0.29) is 30.2 Å². The Kier molecular flexibility index (Phi) is 6.79. The number of nitrogens with zero attached hydrogens (tertiary/aromatic N) is 3. The Balaban J connectivity index is 1.93. The number of imidazole rings is 1. The number of hydrogen-bond acceptors (Lipinski definition) is 7. The molecule has 4 rings (SSSR count). The van der Waals surface area contributed by atoms with Crippen LogP contribution in [0.3, 0.4) is 0 Å². The summed E-state index contributed by atoms with van der Waals surface area (Å²) in [7, 11) is 3.04. The summed E-state index contributed by atoms with van der Waals surface area (Å²) in [5, 5.41) is 11.4. The van der Waals surface area contributed by atoms with Crippen LogP contribution in [0, 0.1) is 13.8 Å². The number of aryl methyl sites for hydroxylation is 2. The van der Waals surface area contributed by atoms with Gasteiger partial charge in [0.05, 0.1) is 37.6 Å². The molecule has 0 spiro atoms. The summed E-state index contributed by atoms with van der Waals surface area (Å²) in [6.07, 6.45) is 1.84. The number of Topliss-reactive ketones (excluding diaryl/α,β-unsaturated/α-hetero) is 1. The summed E-state index contributed by atoms with van der Waals surface area (Å²) in [5.74, 6) is -0.800. The highest BCUT2D eigenvalue weighted by molar-refractivity contribution is 6.46. The lowest BCUT2D eigenvalue weighted by Gasteiger charge is -2.25. The molecule has 3 aromatic rings. The lowest BCUT2D eigenvalue weighted by Crippen LogP contribution is -2.32. The average molecular weight is 480 g/mol. The van der Waals surface area contributed by atoms with Crippen molar-refractivity contribution in [1.82, 2.24) is 14.3 Å². The fourth-order valence-corrected chi connectivity index (χ4v) is 4.45. The predicted octanol–water partition coefficient (Wildman–Crippen LogP) is 3.43. The molecule has 0 bridgehead atoms. The van der Waals surface area contributed by atoms with Crippen molar-refractivity contribution >= 4 is 23.1 Å². The minimum atomic E-state index is -0.847. The number of ether oxygens (including phenoxy) is 3. The smallest absolute Gasteiger partial charge is 0.295 e. The van der Waals surface area contributed by atoms with Gasteiger partial charge in [0.25, 0.3) is 11.7 Å². The molecule has 0 aliphatic carbocycles. The van der Waals surface area contributed by atoms with Gasteiger partial charge in [-0.1, -0.05) is 12.1 Å². The van der Waals surface area contributed by atoms with Gasteiger partial charge in [0.15, 0.2) is 17.3 Å². The number of aliphatic hydroxyl groups excluding tert-OH is 1. The van der Waals surface area contributed by atoms with Crippen molar-refractivity contribution < 1.29 is 28.9 Å². The lowest BCUT2D eigenvalue weighted by atomic mass is 9.96. The van der Waals surface area contributed by atoms with Crippen LogP contribution in [0.4, 0.5) is 0 Å². The fraction of sp³-hybridized carbons (Fsp3) is 0.346. The number of likely N-dealkylation sites (tertiary alicyclic amines) is 1. The first-order chi connectivity index (χ1) is 16.8. The van der Waals surface area contributed by atoms with E-state index in [1.165, 1.54) is 19.1 Å². The normalized spacial score (nSPS) is 17.4. The number of fused-ring (bicyclic) bond motifs is 1. The molecule has 0 saturated carbocycles. The molecule has 0 radical (unpaired) electrons. The van der Waals surface area contributed by atoms with Crippen LogP contribution in [0.5, 0.6) is 11.5 Å². The van der Waals surface area contributed by atoms with Gasteiger partial charge in [-0.15, -0.1) is 0 Å². The second-order valence-corrected chi connectivity index (χ2v) is 8.26. The van der Waals surface area contributed by atoms with Crippen molar-refractivity contribution in [3.8, 4) is 11.5 Å². The molecule has 9 heteroatoms. The molecule has 1 aliphatic rings. The van der Waals surface area contributed by atoms with E-state index in [2.05, 4.69) is 4.98 Å². The van der Waals surface area contributed by atoms with E-state index in [0.29, 0.717) is 35.0 Å². The summed E-state index contributed by atoms with van der Waals surface area (Å²) in [6, 6.07) is 8.17. The minimum absolute atomic E-state index is 0.0264. The van der Waals surface area contributed by atoms with Gasteiger partial charge in [0.1, 0.15) is 11.3 Å². The summed E-state index contributed by atoms with van der Waals surface area (Å²) < 4.78 is 18.1. The Hall–Kier alpha value is -3.85. The summed E-state index contributed by atoms with van der Waals surface area (Å²) in [5.41, 5.74) is 3.07. The quantitative estimate of drug-likeness (QED) is 0.300. The third kappa shape index (κ3) is 4.12. The molecule has 1 aliphatic heterocycles. The maximum absolute atomic E-state index is 13.3. The Morgan fingerprint density at radius 1 is 1.14 bits per heavy atom. The van der Waals surface area contributed by atoms with Gasteiger partial charge < -0.3 is 28.6 Å². The number of amides is 1. The lowest BCUT2D eigenvalue weighted by molar-refractivity contribution is -0.140. The summed E-state index contributed by atoms with van der Waals surface area (Å²) in [4.78, 5) is 32.3. The molecular formula is C26H29N3O6. The van der Waals surface area contributed by atoms with E-state index < -0.39 is 17.7 Å². The molecule has 1 saturated heterocycles. The van der Waals surface area contributed by atoms with Crippen molar-refractivity contribution in [1.29, 1.82) is 0 Å². The topological polar surface area (TPSA) is 103 Å². The molecule has 35 heavy (non-hydrogen) atoms. The highest BCUT2D eigenvalue weighted by Crippen LogP contribution is 2.42. The average Bonchev–Trinajstić information content (AvgIpc) is 3.32. The van der Waals surface area contributed by atoms with Crippen molar-refractivity contribution in [3.63, 3.8) is 0 Å². The van der Waals surface area contributed by atoms with Gasteiger partial charge in [0.2, 0.25) is 0 Å². The molecule has 184 valence electrons. The molecule has 3 heterocycles. The van der Waals surface area contributed by atoms with Crippen molar-refractivity contribution in [2.45, 2.75) is 26.8 Å². The number of pyridine rings is 1. The first-order valence-electron chi connectivity index (χ1n) is 11.4. The van der Waals surface area contributed by atoms with Crippen LogP contribution >= 0.6 is 0 Å². The molecule has 2 aromatic heterocycles. The Morgan fingerprint density at radius 3 is 2.57 bits per heavy atom. The van der Waals surface area contributed by atoms with E-state index >= 15 is 0 Å². The van der Waals surface area contributed by atoms with Crippen molar-refractivity contribution in [2.75, 3.05) is 34.0 Å². The Bertz CT molecular complexity index is 1330. The maximum Gasteiger partial charge on any atom is 0.295 e. The summed E-state index contributed by atoms with van der Waals surface area (Å²) in [6.45, 7) is 6.44. The first-order valence-corrected chi connectivity index (χ1v) is 11.4. The Morgan fingerprint density at radius 2 is 1.91 bits per heavy atom. The molecule has 1 unspecified atom stereocenters. The van der Waals surface area contributed by atoms with Gasteiger partial charge in [-0.3, -0.25) is 9.59 Å². The number of ketones is 1. The second kappa shape index (κ2) is 9.79. The number of hydrogen-bond donors (Lipinski definition) is 1. The van der Waals surface area contributed by atoms with Crippen LogP contribution in [0.1, 0.15) is 35.5 Å². The predicted molar refractivity (Wildman–Crippen MR) is 130 cm³/mol. The van der Waals surface area contributed by atoms with Crippen molar-refractivity contribution in [3.05, 3.63) is 64.6 Å². The van der Waals surface area contributed by atoms with Gasteiger partial charge in [0, 0.05) is 19.9 Å². The first kappa shape index (κ1) is 24.3. The zero-order valence-corrected chi connectivity index (χ0v) is 20.5. The third-order valence-corrected chi connectivity index (χ3v) is 6.19. The van der Waals surface area contributed by atoms with E-state index in [1.54, 1.807) is 18.2 Å². The van der Waals surface area contributed by atoms with Gasteiger partial charge >= 0.3 is 0 Å². The van der Waals surface area contributed by atoms with E-state index in [0.717, 1.165) is 5.56 Å². The van der Waals surface area contributed by atoms with Crippen LogP contribution in [-0.2, 0) is 14.3 Å². The standard InChI is InChI=1S/C26H29N3O6/c1-6-35-18-10-9-17(14-19(18)34-5)22-20(24(31)26(32)29(22)12-13-33-4)23(30)21-16(3)28-11-7-8-15(2)25(28)27-21/h7-11,14,22,30H,6,12-13H2,1-5H3/b23-20+. The van der Waals surface area contributed by atoms with Crippen molar-refractivity contribution in [2.24, 2.45) is 0 Å². The van der Waals surface area contributed by atoms with E-state index in [1.807, 2.05) is 43.5 Å².